The summed E-state index contributed by atoms with van der Waals surface area (Å²) in [7, 11) is 0. The zero-order chi connectivity index (χ0) is 15.4. The summed E-state index contributed by atoms with van der Waals surface area (Å²) in [5.74, 6) is 0.512. The van der Waals surface area contributed by atoms with Crippen molar-refractivity contribution in [2.45, 2.75) is 18.4 Å². The van der Waals surface area contributed by atoms with Gasteiger partial charge >= 0.3 is 0 Å². The second kappa shape index (κ2) is 6.37. The van der Waals surface area contributed by atoms with Crippen molar-refractivity contribution in [1.29, 1.82) is 0 Å². The van der Waals surface area contributed by atoms with Gasteiger partial charge in [-0.3, -0.25) is 0 Å². The van der Waals surface area contributed by atoms with E-state index in [4.69, 9.17) is 10.5 Å². The molecule has 0 saturated carbocycles. The molecule has 22 heavy (non-hydrogen) atoms. The van der Waals surface area contributed by atoms with Crippen LogP contribution in [0.25, 0.3) is 0 Å². The van der Waals surface area contributed by atoms with Crippen LogP contribution in [0.15, 0.2) is 36.7 Å². The molecule has 1 fully saturated rings. The molecule has 3 rings (SSSR count). The molecule has 1 aromatic carbocycles. The Balaban J connectivity index is 1.78. The Labute approximate surface area is 128 Å². The monoisotopic (exact) mass is 302 g/mol. The number of benzene rings is 1. The summed E-state index contributed by atoms with van der Waals surface area (Å²) < 4.78 is 18.7. The minimum absolute atomic E-state index is 0.165. The highest BCUT2D eigenvalue weighted by atomic mass is 19.1. The maximum absolute atomic E-state index is 13.2. The first-order valence-electron chi connectivity index (χ1n) is 7.30. The zero-order valence-electron chi connectivity index (χ0n) is 12.3. The molecule has 0 aliphatic carbocycles. The van der Waals surface area contributed by atoms with Crippen molar-refractivity contribution in [2.75, 3.05) is 25.1 Å². The molecule has 1 aliphatic rings. The highest BCUT2D eigenvalue weighted by molar-refractivity contribution is 5.38. The number of aromatic nitrogens is 2. The third-order valence-corrected chi connectivity index (χ3v) is 4.10. The van der Waals surface area contributed by atoms with Crippen LogP contribution in [0.1, 0.15) is 17.7 Å². The fraction of sp³-hybridized carbons (Fsp3) is 0.375. The summed E-state index contributed by atoms with van der Waals surface area (Å²) >= 11 is 0. The largest absolute Gasteiger partial charge is 0.380 e. The fourth-order valence-electron chi connectivity index (χ4n) is 2.75. The van der Waals surface area contributed by atoms with Gasteiger partial charge < -0.3 is 15.8 Å². The number of hydrogen-bond acceptors (Lipinski definition) is 5. The van der Waals surface area contributed by atoms with Crippen LogP contribution in [-0.4, -0.2) is 29.7 Å². The van der Waals surface area contributed by atoms with Gasteiger partial charge in [-0.25, -0.2) is 14.4 Å². The van der Waals surface area contributed by atoms with Gasteiger partial charge in [0.2, 0.25) is 0 Å². The molecule has 0 radical (unpaired) electrons. The third kappa shape index (κ3) is 3.08. The normalized spacial score (nSPS) is 21.0. The van der Waals surface area contributed by atoms with E-state index < -0.39 is 0 Å². The van der Waals surface area contributed by atoms with E-state index in [0.29, 0.717) is 26.3 Å². The minimum atomic E-state index is -0.228. The van der Waals surface area contributed by atoms with Crippen LogP contribution in [-0.2, 0) is 16.7 Å². The molecule has 0 amide bonds. The van der Waals surface area contributed by atoms with E-state index in [1.54, 1.807) is 0 Å². The van der Waals surface area contributed by atoms with E-state index in [0.717, 1.165) is 23.5 Å². The smallest absolute Gasteiger partial charge is 0.129 e. The molecule has 2 aromatic rings. The lowest BCUT2D eigenvalue weighted by Gasteiger charge is -2.28. The van der Waals surface area contributed by atoms with Gasteiger partial charge in [-0.2, -0.15) is 0 Å². The Morgan fingerprint density at radius 3 is 2.77 bits per heavy atom. The van der Waals surface area contributed by atoms with Crippen LogP contribution in [0, 0.1) is 5.82 Å². The molecule has 1 aliphatic heterocycles. The molecule has 0 bridgehead atoms. The van der Waals surface area contributed by atoms with E-state index >= 15 is 0 Å². The lowest BCUT2D eigenvalue weighted by atomic mass is 9.79. The van der Waals surface area contributed by atoms with Crippen LogP contribution in [0.2, 0.25) is 0 Å². The SMILES string of the molecule is NCc1cc(NC[C@@]2(c3ccc(F)cc3)CCOC2)ncn1. The predicted octanol–water partition coefficient (Wildman–Crippen LogP) is 1.84. The van der Waals surface area contributed by atoms with E-state index in [2.05, 4.69) is 15.3 Å². The molecule has 5 nitrogen and oxygen atoms in total. The summed E-state index contributed by atoms with van der Waals surface area (Å²) in [6, 6.07) is 8.49. The summed E-state index contributed by atoms with van der Waals surface area (Å²) in [5, 5.41) is 3.33. The van der Waals surface area contributed by atoms with Crippen molar-refractivity contribution >= 4 is 5.82 Å². The molecule has 1 aromatic heterocycles. The number of hydrogen-bond donors (Lipinski definition) is 2. The van der Waals surface area contributed by atoms with Gasteiger partial charge in [-0.05, 0) is 24.1 Å². The number of nitrogens with zero attached hydrogens (tertiary/aromatic N) is 2. The average molecular weight is 302 g/mol. The summed E-state index contributed by atoms with van der Waals surface area (Å²) in [5.41, 5.74) is 7.29. The Hall–Kier alpha value is -2.05. The van der Waals surface area contributed by atoms with Crippen molar-refractivity contribution in [2.24, 2.45) is 5.73 Å². The van der Waals surface area contributed by atoms with Crippen molar-refractivity contribution in [3.63, 3.8) is 0 Å². The van der Waals surface area contributed by atoms with Gasteiger partial charge in [0.15, 0.2) is 0 Å². The van der Waals surface area contributed by atoms with Gasteiger partial charge in [-0.1, -0.05) is 12.1 Å². The number of ether oxygens (including phenoxy) is 1. The molecular formula is C16H19FN4O. The number of nitrogens with one attached hydrogen (secondary N) is 1. The van der Waals surface area contributed by atoms with Crippen LogP contribution in [0.3, 0.4) is 0 Å². The maximum Gasteiger partial charge on any atom is 0.129 e. The molecule has 6 heteroatoms. The van der Waals surface area contributed by atoms with Gasteiger partial charge in [0.1, 0.15) is 18.0 Å². The molecular weight excluding hydrogens is 283 g/mol. The molecule has 0 unspecified atom stereocenters. The summed E-state index contributed by atoms with van der Waals surface area (Å²) in [6.07, 6.45) is 2.39. The van der Waals surface area contributed by atoms with Crippen molar-refractivity contribution in [1.82, 2.24) is 9.97 Å². The van der Waals surface area contributed by atoms with E-state index in [-0.39, 0.29) is 11.2 Å². The Kier molecular flexibility index (Phi) is 4.31. The quantitative estimate of drug-likeness (QED) is 0.882. The zero-order valence-corrected chi connectivity index (χ0v) is 12.3. The van der Waals surface area contributed by atoms with E-state index in [1.165, 1.54) is 18.5 Å². The van der Waals surface area contributed by atoms with Gasteiger partial charge in [0.05, 0.1) is 12.3 Å². The first kappa shape index (κ1) is 14.9. The number of rotatable bonds is 5. The van der Waals surface area contributed by atoms with Gasteiger partial charge in [0.25, 0.3) is 0 Å². The van der Waals surface area contributed by atoms with Gasteiger partial charge in [0, 0.05) is 31.2 Å². The van der Waals surface area contributed by atoms with E-state index in [1.807, 2.05) is 18.2 Å². The minimum Gasteiger partial charge on any atom is -0.380 e. The Morgan fingerprint density at radius 2 is 2.09 bits per heavy atom. The highest BCUT2D eigenvalue weighted by Crippen LogP contribution is 2.33. The third-order valence-electron chi connectivity index (χ3n) is 4.10. The lowest BCUT2D eigenvalue weighted by molar-refractivity contribution is 0.179. The fourth-order valence-corrected chi connectivity index (χ4v) is 2.75. The topological polar surface area (TPSA) is 73.1 Å². The van der Waals surface area contributed by atoms with Crippen LogP contribution < -0.4 is 11.1 Å². The number of anilines is 1. The second-order valence-electron chi connectivity index (χ2n) is 5.54. The van der Waals surface area contributed by atoms with Crippen LogP contribution in [0.4, 0.5) is 10.2 Å². The molecule has 116 valence electrons. The van der Waals surface area contributed by atoms with E-state index in [9.17, 15) is 4.39 Å². The molecule has 2 heterocycles. The first-order chi connectivity index (χ1) is 10.7. The molecule has 1 atom stereocenters. The summed E-state index contributed by atoms with van der Waals surface area (Å²) in [6.45, 7) is 2.36. The van der Waals surface area contributed by atoms with Crippen molar-refractivity contribution in [3.8, 4) is 0 Å². The highest BCUT2D eigenvalue weighted by Gasteiger charge is 2.36. The Bertz CT molecular complexity index is 626. The lowest BCUT2D eigenvalue weighted by Crippen LogP contribution is -2.35. The average Bonchev–Trinajstić information content (AvgIpc) is 3.04. The second-order valence-corrected chi connectivity index (χ2v) is 5.54. The first-order valence-corrected chi connectivity index (χ1v) is 7.30. The molecule has 1 saturated heterocycles. The number of halogens is 1. The van der Waals surface area contributed by atoms with Crippen molar-refractivity contribution < 1.29 is 9.13 Å². The van der Waals surface area contributed by atoms with Crippen molar-refractivity contribution in [3.05, 3.63) is 53.7 Å². The summed E-state index contributed by atoms with van der Waals surface area (Å²) in [4.78, 5) is 8.29. The maximum atomic E-state index is 13.2. The number of nitrogens with two attached hydrogens (primary N) is 1. The standard InChI is InChI=1S/C16H19FN4O/c17-13-3-1-12(2-4-13)16(5-6-22-10-16)9-19-15-7-14(8-18)20-11-21-15/h1-4,7,11H,5-6,8-10,18H2,(H,19,20,21)/t16-/m0/s1. The predicted molar refractivity (Wildman–Crippen MR) is 81.9 cm³/mol. The molecule has 3 N–H and O–H groups in total. The van der Waals surface area contributed by atoms with Crippen LogP contribution in [0.5, 0.6) is 0 Å². The Morgan fingerprint density at radius 1 is 1.27 bits per heavy atom. The molecule has 0 spiro atoms. The van der Waals surface area contributed by atoms with Gasteiger partial charge in [-0.15, -0.1) is 0 Å². The van der Waals surface area contributed by atoms with Crippen LogP contribution >= 0.6 is 0 Å².